The average Bonchev–Trinajstić information content (AvgIpc) is 2.43. The molecule has 1 aromatic heterocycles. The van der Waals surface area contributed by atoms with Crippen LogP contribution in [0.3, 0.4) is 0 Å². The van der Waals surface area contributed by atoms with Crippen LogP contribution in [0.2, 0.25) is 0 Å². The summed E-state index contributed by atoms with van der Waals surface area (Å²) in [6.45, 7) is 3.87. The molecule has 4 heteroatoms. The Bertz CT molecular complexity index is 307. The molecule has 13 heavy (non-hydrogen) atoms. The highest BCUT2D eigenvalue weighted by atomic mass is 127. The van der Waals surface area contributed by atoms with Gasteiger partial charge in [0, 0.05) is 29.5 Å². The molecular formula is C9H12INO2. The minimum atomic E-state index is -0.0655. The Morgan fingerprint density at radius 1 is 1.62 bits per heavy atom. The second kappa shape index (κ2) is 4.74. The zero-order valence-electron chi connectivity index (χ0n) is 7.76. The molecule has 3 nitrogen and oxygen atoms in total. The predicted octanol–water partition coefficient (Wildman–Crippen LogP) is 2.90. The van der Waals surface area contributed by atoms with Crippen molar-refractivity contribution in [2.24, 2.45) is 0 Å². The lowest BCUT2D eigenvalue weighted by atomic mass is 10.2. The first-order valence-corrected chi connectivity index (χ1v) is 5.39. The molecule has 1 aromatic rings. The summed E-state index contributed by atoms with van der Waals surface area (Å²) >= 11 is 1.73. The van der Waals surface area contributed by atoms with E-state index in [1.165, 1.54) is 0 Å². The van der Waals surface area contributed by atoms with Crippen molar-refractivity contribution in [3.63, 3.8) is 0 Å². The fourth-order valence-corrected chi connectivity index (χ4v) is 1.56. The third kappa shape index (κ3) is 2.79. The van der Waals surface area contributed by atoms with Gasteiger partial charge in [0.1, 0.15) is 0 Å². The van der Waals surface area contributed by atoms with Crippen LogP contribution in [0.1, 0.15) is 41.9 Å². The topological polar surface area (TPSA) is 43.1 Å². The van der Waals surface area contributed by atoms with E-state index in [1.54, 1.807) is 29.5 Å². The Balaban J connectivity index is 2.84. The molecule has 72 valence electrons. The summed E-state index contributed by atoms with van der Waals surface area (Å²) in [5, 5.41) is 0. The zero-order valence-corrected chi connectivity index (χ0v) is 9.92. The van der Waals surface area contributed by atoms with Crippen LogP contribution >= 0.6 is 22.6 Å². The molecule has 0 saturated carbocycles. The highest BCUT2D eigenvalue weighted by Gasteiger charge is 2.15. The predicted molar refractivity (Wildman–Crippen MR) is 58.2 cm³/mol. The summed E-state index contributed by atoms with van der Waals surface area (Å²) in [7, 11) is 0. The van der Waals surface area contributed by atoms with Crippen LogP contribution in [0.15, 0.2) is 4.42 Å². The molecule has 0 bridgehead atoms. The normalized spacial score (nSPS) is 10.4. The molecule has 0 fully saturated rings. The lowest BCUT2D eigenvalue weighted by molar-refractivity contribution is 0.108. The lowest BCUT2D eigenvalue weighted by Crippen LogP contribution is -1.94. The van der Waals surface area contributed by atoms with Crippen LogP contribution in [0.25, 0.3) is 0 Å². The van der Waals surface area contributed by atoms with Crippen LogP contribution in [0, 0.1) is 6.92 Å². The van der Waals surface area contributed by atoms with Gasteiger partial charge in [-0.15, -0.1) is 0 Å². The van der Waals surface area contributed by atoms with Crippen LogP contribution in [-0.4, -0.2) is 8.77 Å². The number of hydrogen-bond donors (Lipinski definition) is 0. The maximum atomic E-state index is 11.1. The fraction of sp³-hybridized carbons (Fsp3) is 0.556. The molecule has 0 amide bonds. The standard InChI is InChI=1S/C9H12INO2/c1-3-4-5-7-8(9(10)12)13-6(2)11-7/h3-5H2,1-2H3. The minimum Gasteiger partial charge on any atom is -0.437 e. The van der Waals surface area contributed by atoms with E-state index in [0.717, 1.165) is 25.0 Å². The largest absolute Gasteiger partial charge is 0.437 e. The number of nitrogens with zero attached hydrogens (tertiary/aromatic N) is 1. The SMILES string of the molecule is CCCCc1nc(C)oc1C(=O)I. The van der Waals surface area contributed by atoms with E-state index in [1.807, 2.05) is 0 Å². The van der Waals surface area contributed by atoms with E-state index in [0.29, 0.717) is 11.7 Å². The molecule has 0 aliphatic heterocycles. The quantitative estimate of drug-likeness (QED) is 0.633. The second-order valence-electron chi connectivity index (χ2n) is 2.89. The van der Waals surface area contributed by atoms with Crippen molar-refractivity contribution in [2.45, 2.75) is 33.1 Å². The van der Waals surface area contributed by atoms with Gasteiger partial charge in [-0.05, 0) is 12.8 Å². The van der Waals surface area contributed by atoms with Gasteiger partial charge in [-0.2, -0.15) is 0 Å². The highest BCUT2D eigenvalue weighted by molar-refractivity contribution is 14.1. The van der Waals surface area contributed by atoms with E-state index in [-0.39, 0.29) is 3.79 Å². The van der Waals surface area contributed by atoms with E-state index in [4.69, 9.17) is 4.42 Å². The van der Waals surface area contributed by atoms with Gasteiger partial charge in [0.25, 0.3) is 3.79 Å². The summed E-state index contributed by atoms with van der Waals surface area (Å²) in [6.07, 6.45) is 2.97. The number of carbonyl (C=O) groups is 1. The lowest BCUT2D eigenvalue weighted by Gasteiger charge is -1.93. The van der Waals surface area contributed by atoms with Gasteiger partial charge < -0.3 is 4.42 Å². The smallest absolute Gasteiger partial charge is 0.259 e. The van der Waals surface area contributed by atoms with Crippen LogP contribution in [0.5, 0.6) is 0 Å². The van der Waals surface area contributed by atoms with E-state index in [2.05, 4.69) is 11.9 Å². The Morgan fingerprint density at radius 3 is 2.85 bits per heavy atom. The summed E-state index contributed by atoms with van der Waals surface area (Å²) < 4.78 is 5.14. The number of unbranched alkanes of at least 4 members (excludes halogenated alkanes) is 1. The minimum absolute atomic E-state index is 0.0655. The third-order valence-electron chi connectivity index (χ3n) is 1.75. The van der Waals surface area contributed by atoms with Crippen LogP contribution in [0.4, 0.5) is 0 Å². The highest BCUT2D eigenvalue weighted by Crippen LogP contribution is 2.16. The first-order valence-electron chi connectivity index (χ1n) is 4.31. The number of halogens is 1. The van der Waals surface area contributed by atoms with Crippen molar-refractivity contribution in [1.29, 1.82) is 0 Å². The number of hydrogen-bond acceptors (Lipinski definition) is 3. The summed E-state index contributed by atoms with van der Waals surface area (Å²) in [4.78, 5) is 15.3. The Labute approximate surface area is 91.1 Å². The Kier molecular flexibility index (Phi) is 3.90. The van der Waals surface area contributed by atoms with Crippen molar-refractivity contribution in [2.75, 3.05) is 0 Å². The molecule has 0 aliphatic carbocycles. The maximum Gasteiger partial charge on any atom is 0.259 e. The van der Waals surface area contributed by atoms with Crippen LogP contribution in [-0.2, 0) is 6.42 Å². The molecule has 1 rings (SSSR count). The van der Waals surface area contributed by atoms with E-state index < -0.39 is 0 Å². The summed E-state index contributed by atoms with van der Waals surface area (Å²) in [6, 6.07) is 0. The molecule has 0 N–H and O–H groups in total. The molecule has 0 atom stereocenters. The van der Waals surface area contributed by atoms with Gasteiger partial charge in [0.15, 0.2) is 5.89 Å². The number of rotatable bonds is 4. The van der Waals surface area contributed by atoms with Crippen molar-refractivity contribution in [3.8, 4) is 0 Å². The first-order chi connectivity index (χ1) is 6.15. The average molecular weight is 293 g/mol. The number of oxazole rings is 1. The molecule has 0 aromatic carbocycles. The molecular weight excluding hydrogens is 281 g/mol. The molecule has 0 saturated heterocycles. The van der Waals surface area contributed by atoms with E-state index >= 15 is 0 Å². The van der Waals surface area contributed by atoms with Gasteiger partial charge in [-0.1, -0.05) is 13.3 Å². The van der Waals surface area contributed by atoms with Gasteiger partial charge in [-0.25, -0.2) is 4.98 Å². The van der Waals surface area contributed by atoms with Crippen molar-refractivity contribution in [3.05, 3.63) is 17.3 Å². The number of aromatic nitrogens is 1. The van der Waals surface area contributed by atoms with Crippen molar-refractivity contribution >= 4 is 26.4 Å². The number of carbonyl (C=O) groups excluding carboxylic acids is 1. The van der Waals surface area contributed by atoms with Crippen LogP contribution < -0.4 is 0 Å². The van der Waals surface area contributed by atoms with Gasteiger partial charge in [0.05, 0.1) is 5.69 Å². The van der Waals surface area contributed by atoms with Gasteiger partial charge in [0.2, 0.25) is 5.76 Å². The second-order valence-corrected chi connectivity index (χ2v) is 3.87. The van der Waals surface area contributed by atoms with Gasteiger partial charge >= 0.3 is 0 Å². The molecule has 0 unspecified atom stereocenters. The van der Waals surface area contributed by atoms with Crippen molar-refractivity contribution < 1.29 is 9.21 Å². The third-order valence-corrected chi connectivity index (χ3v) is 2.24. The van der Waals surface area contributed by atoms with Crippen molar-refractivity contribution in [1.82, 2.24) is 4.98 Å². The molecule has 0 aliphatic rings. The Morgan fingerprint density at radius 2 is 2.31 bits per heavy atom. The fourth-order valence-electron chi connectivity index (χ4n) is 1.14. The van der Waals surface area contributed by atoms with E-state index in [9.17, 15) is 4.79 Å². The molecule has 0 spiro atoms. The zero-order chi connectivity index (χ0) is 9.84. The first kappa shape index (κ1) is 10.7. The monoisotopic (exact) mass is 293 g/mol. The molecule has 0 radical (unpaired) electrons. The summed E-state index contributed by atoms with van der Waals surface area (Å²) in [5.74, 6) is 0.998. The summed E-state index contributed by atoms with van der Waals surface area (Å²) in [5.41, 5.74) is 0.804. The molecule has 1 heterocycles. The Hall–Kier alpha value is -0.390. The maximum absolute atomic E-state index is 11.1. The van der Waals surface area contributed by atoms with Gasteiger partial charge in [-0.3, -0.25) is 4.79 Å². The number of aryl methyl sites for hydroxylation is 2.